The van der Waals surface area contributed by atoms with Crippen LogP contribution in [0.4, 0.5) is 10.1 Å². The molecule has 0 unspecified atom stereocenters. The SMILES string of the molecule is CCCCn1ccc(N2CCC(c3ccc(F)cc3)CC2)c(C#N)c1=O. The van der Waals surface area contributed by atoms with Gasteiger partial charge in [-0.15, -0.1) is 0 Å². The molecule has 1 saturated heterocycles. The van der Waals surface area contributed by atoms with E-state index in [-0.39, 0.29) is 16.9 Å². The lowest BCUT2D eigenvalue weighted by Gasteiger charge is -2.34. The predicted molar refractivity (Wildman–Crippen MR) is 101 cm³/mol. The minimum atomic E-state index is -0.214. The first-order valence-corrected chi connectivity index (χ1v) is 9.28. The summed E-state index contributed by atoms with van der Waals surface area (Å²) < 4.78 is 14.7. The number of hydrogen-bond acceptors (Lipinski definition) is 3. The van der Waals surface area contributed by atoms with Crippen molar-refractivity contribution in [3.63, 3.8) is 0 Å². The van der Waals surface area contributed by atoms with Crippen molar-refractivity contribution in [2.75, 3.05) is 18.0 Å². The Morgan fingerprint density at radius 2 is 1.88 bits per heavy atom. The van der Waals surface area contributed by atoms with E-state index >= 15 is 0 Å². The Balaban J connectivity index is 1.75. The fourth-order valence-electron chi connectivity index (χ4n) is 3.63. The Bertz CT molecular complexity index is 843. The molecule has 2 aromatic rings. The normalized spacial score (nSPS) is 15.0. The van der Waals surface area contributed by atoms with Crippen LogP contribution < -0.4 is 10.5 Å². The van der Waals surface area contributed by atoms with Crippen LogP contribution >= 0.6 is 0 Å². The van der Waals surface area contributed by atoms with Crippen LogP contribution in [0, 0.1) is 17.1 Å². The maximum absolute atomic E-state index is 13.1. The summed E-state index contributed by atoms with van der Waals surface area (Å²) in [6.45, 7) is 4.30. The first kappa shape index (κ1) is 18.2. The standard InChI is InChI=1S/C21H24FN3O/c1-2-3-11-25-14-10-20(19(15-23)21(25)26)24-12-8-17(9-13-24)16-4-6-18(22)7-5-16/h4-7,10,14,17H,2-3,8-9,11-13H2,1H3. The van der Waals surface area contributed by atoms with E-state index in [1.54, 1.807) is 10.8 Å². The van der Waals surface area contributed by atoms with E-state index in [1.807, 2.05) is 18.2 Å². The Labute approximate surface area is 153 Å². The number of anilines is 1. The molecule has 1 aromatic heterocycles. The average molecular weight is 353 g/mol. The van der Waals surface area contributed by atoms with Crippen LogP contribution in [-0.2, 0) is 6.54 Å². The van der Waals surface area contributed by atoms with Gasteiger partial charge < -0.3 is 9.47 Å². The topological polar surface area (TPSA) is 49.0 Å². The molecule has 0 amide bonds. The zero-order valence-corrected chi connectivity index (χ0v) is 15.1. The van der Waals surface area contributed by atoms with Crippen LogP contribution in [0.1, 0.15) is 49.7 Å². The average Bonchev–Trinajstić information content (AvgIpc) is 2.67. The van der Waals surface area contributed by atoms with Crippen molar-refractivity contribution in [2.24, 2.45) is 0 Å². The van der Waals surface area contributed by atoms with E-state index < -0.39 is 0 Å². The molecule has 4 nitrogen and oxygen atoms in total. The van der Waals surface area contributed by atoms with E-state index in [9.17, 15) is 14.4 Å². The van der Waals surface area contributed by atoms with Crippen molar-refractivity contribution in [3.8, 4) is 6.07 Å². The Morgan fingerprint density at radius 3 is 2.50 bits per heavy atom. The summed E-state index contributed by atoms with van der Waals surface area (Å²) >= 11 is 0. The largest absolute Gasteiger partial charge is 0.370 e. The summed E-state index contributed by atoms with van der Waals surface area (Å²) in [5, 5.41) is 9.51. The van der Waals surface area contributed by atoms with Gasteiger partial charge in [-0.3, -0.25) is 4.79 Å². The first-order valence-electron chi connectivity index (χ1n) is 9.28. The quantitative estimate of drug-likeness (QED) is 0.815. The molecule has 5 heteroatoms. The number of halogens is 1. The molecule has 0 atom stereocenters. The summed E-state index contributed by atoms with van der Waals surface area (Å²) in [6.07, 6.45) is 5.59. The number of piperidine rings is 1. The van der Waals surface area contributed by atoms with Crippen LogP contribution in [0.15, 0.2) is 41.3 Å². The fraction of sp³-hybridized carbons (Fsp3) is 0.429. The fourth-order valence-corrected chi connectivity index (χ4v) is 3.63. The molecule has 0 aliphatic carbocycles. The maximum atomic E-state index is 13.1. The van der Waals surface area contributed by atoms with Crippen molar-refractivity contribution >= 4 is 5.69 Å². The molecule has 0 N–H and O–H groups in total. The van der Waals surface area contributed by atoms with Gasteiger partial charge in [0, 0.05) is 25.8 Å². The highest BCUT2D eigenvalue weighted by Gasteiger charge is 2.23. The van der Waals surface area contributed by atoms with Crippen LogP contribution in [-0.4, -0.2) is 17.7 Å². The third kappa shape index (κ3) is 3.80. The highest BCUT2D eigenvalue weighted by atomic mass is 19.1. The van der Waals surface area contributed by atoms with Gasteiger partial charge in [0.25, 0.3) is 5.56 Å². The molecule has 0 radical (unpaired) electrons. The highest BCUT2D eigenvalue weighted by molar-refractivity contribution is 5.58. The van der Waals surface area contributed by atoms with E-state index in [1.165, 1.54) is 12.1 Å². The van der Waals surface area contributed by atoms with Crippen LogP contribution in [0.5, 0.6) is 0 Å². The van der Waals surface area contributed by atoms with Gasteiger partial charge in [0.05, 0.1) is 5.69 Å². The van der Waals surface area contributed by atoms with Gasteiger partial charge >= 0.3 is 0 Å². The molecule has 1 aliphatic rings. The lowest BCUT2D eigenvalue weighted by Crippen LogP contribution is -2.35. The molecule has 2 heterocycles. The number of hydrogen-bond donors (Lipinski definition) is 0. The Kier molecular flexibility index (Phi) is 5.72. The Hall–Kier alpha value is -2.61. The molecule has 136 valence electrons. The maximum Gasteiger partial charge on any atom is 0.270 e. The molecule has 1 aliphatic heterocycles. The summed E-state index contributed by atoms with van der Waals surface area (Å²) in [5.74, 6) is 0.177. The van der Waals surface area contributed by atoms with Crippen molar-refractivity contribution in [1.29, 1.82) is 5.26 Å². The van der Waals surface area contributed by atoms with Gasteiger partial charge in [-0.05, 0) is 48.9 Å². The van der Waals surface area contributed by atoms with E-state index in [2.05, 4.69) is 17.9 Å². The van der Waals surface area contributed by atoms with Gasteiger partial charge in [-0.1, -0.05) is 25.5 Å². The summed E-state index contributed by atoms with van der Waals surface area (Å²) in [7, 11) is 0. The van der Waals surface area contributed by atoms with Crippen LogP contribution in [0.25, 0.3) is 0 Å². The number of unbranched alkanes of at least 4 members (excludes halogenated alkanes) is 1. The second-order valence-electron chi connectivity index (χ2n) is 6.85. The Morgan fingerprint density at radius 1 is 1.19 bits per heavy atom. The lowest BCUT2D eigenvalue weighted by atomic mass is 9.89. The molecule has 1 aromatic carbocycles. The van der Waals surface area contributed by atoms with E-state index in [0.29, 0.717) is 12.5 Å². The van der Waals surface area contributed by atoms with Crippen LogP contribution in [0.2, 0.25) is 0 Å². The monoisotopic (exact) mass is 353 g/mol. The second-order valence-corrected chi connectivity index (χ2v) is 6.85. The molecule has 1 fully saturated rings. The lowest BCUT2D eigenvalue weighted by molar-refractivity contribution is 0.503. The number of nitriles is 1. The molecule has 0 saturated carbocycles. The van der Waals surface area contributed by atoms with Crippen molar-refractivity contribution in [1.82, 2.24) is 4.57 Å². The predicted octanol–water partition coefficient (Wildman–Crippen LogP) is 4.04. The second kappa shape index (κ2) is 8.18. The number of aromatic nitrogens is 1. The van der Waals surface area contributed by atoms with Gasteiger partial charge in [0.2, 0.25) is 0 Å². The van der Waals surface area contributed by atoms with Gasteiger partial charge in [-0.2, -0.15) is 5.26 Å². The summed E-state index contributed by atoms with van der Waals surface area (Å²) in [5.41, 5.74) is 1.94. The summed E-state index contributed by atoms with van der Waals surface area (Å²) in [4.78, 5) is 14.7. The third-order valence-corrected chi connectivity index (χ3v) is 5.18. The highest BCUT2D eigenvalue weighted by Crippen LogP contribution is 2.31. The zero-order valence-electron chi connectivity index (χ0n) is 15.1. The van der Waals surface area contributed by atoms with Gasteiger partial charge in [-0.25, -0.2) is 4.39 Å². The zero-order chi connectivity index (χ0) is 18.5. The molecular weight excluding hydrogens is 329 g/mol. The molecule has 26 heavy (non-hydrogen) atoms. The van der Waals surface area contributed by atoms with E-state index in [4.69, 9.17) is 0 Å². The number of aryl methyl sites for hydroxylation is 1. The minimum absolute atomic E-state index is 0.195. The minimum Gasteiger partial charge on any atom is -0.370 e. The van der Waals surface area contributed by atoms with E-state index in [0.717, 1.165) is 50.0 Å². The third-order valence-electron chi connectivity index (χ3n) is 5.18. The number of benzene rings is 1. The van der Waals surface area contributed by atoms with Crippen molar-refractivity contribution < 1.29 is 4.39 Å². The summed E-state index contributed by atoms with van der Waals surface area (Å²) in [6, 6.07) is 10.7. The van der Waals surface area contributed by atoms with Gasteiger partial charge in [0.1, 0.15) is 17.4 Å². The molecule has 3 rings (SSSR count). The van der Waals surface area contributed by atoms with Crippen LogP contribution in [0.3, 0.4) is 0 Å². The molecule has 0 bridgehead atoms. The smallest absolute Gasteiger partial charge is 0.270 e. The van der Waals surface area contributed by atoms with Gasteiger partial charge in [0.15, 0.2) is 0 Å². The van der Waals surface area contributed by atoms with Crippen molar-refractivity contribution in [2.45, 2.75) is 45.1 Å². The number of pyridine rings is 1. The molecular formula is C21H24FN3O. The number of rotatable bonds is 5. The molecule has 0 spiro atoms. The number of nitrogens with zero attached hydrogens (tertiary/aromatic N) is 3. The van der Waals surface area contributed by atoms with Crippen molar-refractivity contribution in [3.05, 3.63) is 63.8 Å². The first-order chi connectivity index (χ1) is 12.6.